The molecule has 0 aliphatic carbocycles. The Bertz CT molecular complexity index is 510. The second-order valence-electron chi connectivity index (χ2n) is 2.58. The fourth-order valence-electron chi connectivity index (χ4n) is 1.25. The zero-order chi connectivity index (χ0) is 9.42. The van der Waals surface area contributed by atoms with Gasteiger partial charge in [0.05, 0.1) is 8.45 Å². The van der Waals surface area contributed by atoms with Crippen LogP contribution in [-0.2, 0) is 0 Å². The van der Waals surface area contributed by atoms with Crippen LogP contribution in [-0.4, -0.2) is 0 Å². The number of hydrogen-bond acceptors (Lipinski definition) is 3. The molecule has 1 aromatic carbocycles. The average Bonchev–Trinajstić information content (AvgIpc) is 2.42. The van der Waals surface area contributed by atoms with Gasteiger partial charge in [-0.2, -0.15) is 5.26 Å². The van der Waals surface area contributed by atoms with Crippen LogP contribution < -0.4 is 5.73 Å². The van der Waals surface area contributed by atoms with Gasteiger partial charge in [-0.1, -0.05) is 6.07 Å². The van der Waals surface area contributed by atoms with Crippen molar-refractivity contribution in [3.05, 3.63) is 26.6 Å². The number of rotatable bonds is 0. The van der Waals surface area contributed by atoms with Gasteiger partial charge in [0.25, 0.3) is 0 Å². The van der Waals surface area contributed by atoms with E-state index in [1.165, 1.54) is 0 Å². The summed E-state index contributed by atoms with van der Waals surface area (Å²) < 4.78 is 2.09. The number of nitrogen functional groups attached to an aromatic ring is 1. The van der Waals surface area contributed by atoms with Crippen LogP contribution in [0, 0.1) is 14.2 Å². The van der Waals surface area contributed by atoms with E-state index in [9.17, 15) is 0 Å². The van der Waals surface area contributed by atoms with E-state index in [-0.39, 0.29) is 0 Å². The molecule has 0 atom stereocenters. The predicted molar refractivity (Wildman–Crippen MR) is 63.7 cm³/mol. The van der Waals surface area contributed by atoms with E-state index in [4.69, 9.17) is 11.0 Å². The summed E-state index contributed by atoms with van der Waals surface area (Å²) in [6, 6.07) is 7.90. The number of thiophene rings is 1. The fourth-order valence-corrected chi connectivity index (χ4v) is 3.26. The first-order valence-electron chi connectivity index (χ1n) is 3.60. The highest BCUT2D eigenvalue weighted by molar-refractivity contribution is 14.1. The Morgan fingerprint density at radius 3 is 2.92 bits per heavy atom. The van der Waals surface area contributed by atoms with E-state index in [2.05, 4.69) is 28.7 Å². The Hall–Kier alpha value is -0.800. The Morgan fingerprint density at radius 1 is 1.46 bits per heavy atom. The van der Waals surface area contributed by atoms with E-state index < -0.39 is 0 Å². The summed E-state index contributed by atoms with van der Waals surface area (Å²) in [5, 5.41) is 9.83. The average molecular weight is 300 g/mol. The van der Waals surface area contributed by atoms with Crippen molar-refractivity contribution in [3.63, 3.8) is 0 Å². The third-order valence-corrected chi connectivity index (χ3v) is 3.96. The number of halogens is 1. The van der Waals surface area contributed by atoms with Crippen LogP contribution in [0.2, 0.25) is 0 Å². The van der Waals surface area contributed by atoms with Crippen molar-refractivity contribution in [2.45, 2.75) is 0 Å². The van der Waals surface area contributed by atoms with Gasteiger partial charge in [-0.05, 0) is 34.7 Å². The normalized spacial score (nSPS) is 10.2. The van der Waals surface area contributed by atoms with E-state index in [1.54, 1.807) is 11.3 Å². The van der Waals surface area contributed by atoms with E-state index in [0.29, 0.717) is 11.3 Å². The number of nitrogens with zero attached hydrogens (tertiary/aromatic N) is 1. The second-order valence-corrected chi connectivity index (χ2v) is 5.45. The summed E-state index contributed by atoms with van der Waals surface area (Å²) in [7, 11) is 0. The summed E-state index contributed by atoms with van der Waals surface area (Å²) >= 11 is 3.77. The Balaban J connectivity index is 2.99. The van der Waals surface area contributed by atoms with Gasteiger partial charge in [0.2, 0.25) is 0 Å². The standard InChI is InChI=1S/C9H5IN2S/c10-9-5(4-11)8-6(12)2-1-3-7(8)13-9/h1-3H,12H2. The van der Waals surface area contributed by atoms with Crippen molar-refractivity contribution >= 4 is 49.7 Å². The summed E-state index contributed by atoms with van der Waals surface area (Å²) in [6.07, 6.45) is 0. The molecule has 13 heavy (non-hydrogen) atoms. The lowest BCUT2D eigenvalue weighted by molar-refractivity contribution is 1.51. The second kappa shape index (κ2) is 3.16. The van der Waals surface area contributed by atoms with Gasteiger partial charge >= 0.3 is 0 Å². The zero-order valence-electron chi connectivity index (χ0n) is 6.54. The molecule has 2 N–H and O–H groups in total. The molecule has 0 saturated heterocycles. The van der Waals surface area contributed by atoms with E-state index in [0.717, 1.165) is 13.0 Å². The van der Waals surface area contributed by atoms with Gasteiger partial charge in [0.15, 0.2) is 0 Å². The van der Waals surface area contributed by atoms with Gasteiger partial charge < -0.3 is 5.73 Å². The number of benzene rings is 1. The quantitative estimate of drug-likeness (QED) is 0.600. The third kappa shape index (κ3) is 1.28. The summed E-state index contributed by atoms with van der Waals surface area (Å²) in [4.78, 5) is 0. The Kier molecular flexibility index (Phi) is 2.14. The molecule has 4 heteroatoms. The highest BCUT2D eigenvalue weighted by Crippen LogP contribution is 2.35. The minimum absolute atomic E-state index is 0.688. The van der Waals surface area contributed by atoms with Crippen LogP contribution in [0.4, 0.5) is 5.69 Å². The molecule has 0 radical (unpaired) electrons. The van der Waals surface area contributed by atoms with Crippen LogP contribution in [0.1, 0.15) is 5.56 Å². The summed E-state index contributed by atoms with van der Waals surface area (Å²) in [6.45, 7) is 0. The molecule has 0 spiro atoms. The molecule has 0 saturated carbocycles. The maximum absolute atomic E-state index is 8.93. The van der Waals surface area contributed by atoms with Crippen LogP contribution in [0.25, 0.3) is 10.1 Å². The Morgan fingerprint density at radius 2 is 2.23 bits per heavy atom. The number of hydrogen-bond donors (Lipinski definition) is 1. The SMILES string of the molecule is N#Cc1c(I)sc2cccc(N)c12. The molecule has 2 rings (SSSR count). The minimum atomic E-state index is 0.688. The van der Waals surface area contributed by atoms with Crippen LogP contribution in [0.5, 0.6) is 0 Å². The van der Waals surface area contributed by atoms with Crippen LogP contribution in [0.15, 0.2) is 18.2 Å². The molecule has 0 bridgehead atoms. The maximum atomic E-state index is 8.93. The van der Waals surface area contributed by atoms with Gasteiger partial charge in [-0.15, -0.1) is 11.3 Å². The molecule has 1 heterocycles. The van der Waals surface area contributed by atoms with Crippen LogP contribution in [0.3, 0.4) is 0 Å². The number of fused-ring (bicyclic) bond motifs is 1. The highest BCUT2D eigenvalue weighted by atomic mass is 127. The van der Waals surface area contributed by atoms with Crippen molar-refractivity contribution in [1.82, 2.24) is 0 Å². The highest BCUT2D eigenvalue weighted by Gasteiger charge is 2.11. The molecule has 64 valence electrons. The topological polar surface area (TPSA) is 49.8 Å². The smallest absolute Gasteiger partial charge is 0.102 e. The number of anilines is 1. The molecule has 0 unspecified atom stereocenters. The first kappa shape index (κ1) is 8.78. The van der Waals surface area contributed by atoms with Gasteiger partial charge in [-0.25, -0.2) is 0 Å². The molecule has 1 aromatic heterocycles. The lowest BCUT2D eigenvalue weighted by atomic mass is 10.1. The molecule has 2 nitrogen and oxygen atoms in total. The van der Waals surface area contributed by atoms with E-state index in [1.807, 2.05) is 18.2 Å². The molecule has 2 aromatic rings. The predicted octanol–water partition coefficient (Wildman–Crippen LogP) is 2.96. The monoisotopic (exact) mass is 300 g/mol. The Labute approximate surface area is 93.1 Å². The first-order chi connectivity index (χ1) is 6.24. The molecular formula is C9H5IN2S. The molecule has 0 fully saturated rings. The van der Waals surface area contributed by atoms with E-state index >= 15 is 0 Å². The molecule has 0 aliphatic heterocycles. The fraction of sp³-hybridized carbons (Fsp3) is 0. The van der Waals surface area contributed by atoms with Gasteiger partial charge in [-0.3, -0.25) is 0 Å². The van der Waals surface area contributed by atoms with Gasteiger partial charge in [0, 0.05) is 15.8 Å². The summed E-state index contributed by atoms with van der Waals surface area (Å²) in [5.74, 6) is 0. The van der Waals surface area contributed by atoms with Gasteiger partial charge in [0.1, 0.15) is 6.07 Å². The van der Waals surface area contributed by atoms with Crippen LogP contribution >= 0.6 is 33.9 Å². The molecule has 0 amide bonds. The number of nitriles is 1. The van der Waals surface area contributed by atoms with Crippen molar-refractivity contribution in [3.8, 4) is 6.07 Å². The lowest BCUT2D eigenvalue weighted by Gasteiger charge is -1.94. The lowest BCUT2D eigenvalue weighted by Crippen LogP contribution is -1.85. The molecular weight excluding hydrogens is 295 g/mol. The maximum Gasteiger partial charge on any atom is 0.102 e. The number of nitrogens with two attached hydrogens (primary N) is 1. The third-order valence-electron chi connectivity index (χ3n) is 1.82. The minimum Gasteiger partial charge on any atom is -0.398 e. The van der Waals surface area contributed by atoms with Crippen molar-refractivity contribution < 1.29 is 0 Å². The van der Waals surface area contributed by atoms with Crippen molar-refractivity contribution in [2.75, 3.05) is 5.73 Å². The largest absolute Gasteiger partial charge is 0.398 e. The van der Waals surface area contributed by atoms with Crippen molar-refractivity contribution in [1.29, 1.82) is 5.26 Å². The summed E-state index contributed by atoms with van der Waals surface area (Å²) in [5.41, 5.74) is 7.19. The first-order valence-corrected chi connectivity index (χ1v) is 5.50. The zero-order valence-corrected chi connectivity index (χ0v) is 9.52. The molecule has 0 aliphatic rings. The van der Waals surface area contributed by atoms with Crippen molar-refractivity contribution in [2.24, 2.45) is 0 Å².